The number of ether oxygens (including phenoxy) is 1. The summed E-state index contributed by atoms with van der Waals surface area (Å²) in [5.74, 6) is 0.0483. The third-order valence-electron chi connectivity index (χ3n) is 6.36. The lowest BCUT2D eigenvalue weighted by atomic mass is 10.1. The Morgan fingerprint density at radius 1 is 1.09 bits per heavy atom. The van der Waals surface area contributed by atoms with Gasteiger partial charge in [0.1, 0.15) is 5.75 Å². The zero-order valence-electron chi connectivity index (χ0n) is 20.5. The molecule has 0 atom stereocenters. The number of anilines is 2. The molecule has 10 heteroatoms. The average Bonchev–Trinajstić information content (AvgIpc) is 3.32. The van der Waals surface area contributed by atoms with E-state index in [4.69, 9.17) is 4.74 Å². The molecule has 0 bridgehead atoms. The van der Waals surface area contributed by atoms with E-state index in [0.29, 0.717) is 44.2 Å². The molecule has 3 aromatic rings. The third kappa shape index (κ3) is 5.03. The minimum atomic E-state index is -3.97. The van der Waals surface area contributed by atoms with Crippen LogP contribution in [-0.2, 0) is 16.6 Å². The summed E-state index contributed by atoms with van der Waals surface area (Å²) in [4.78, 5) is 15.3. The molecule has 2 aromatic carbocycles. The molecule has 1 aliphatic heterocycles. The minimum absolute atomic E-state index is 0.0200. The van der Waals surface area contributed by atoms with Gasteiger partial charge in [0.15, 0.2) is 0 Å². The molecule has 9 nitrogen and oxygen atoms in total. The van der Waals surface area contributed by atoms with Gasteiger partial charge in [0.05, 0.1) is 12.7 Å². The van der Waals surface area contributed by atoms with Crippen LogP contribution in [0.1, 0.15) is 28.4 Å². The number of nitrogens with one attached hydrogen (secondary N) is 1. The van der Waals surface area contributed by atoms with Gasteiger partial charge in [0.25, 0.3) is 15.9 Å². The zero-order valence-corrected chi connectivity index (χ0v) is 21.3. The van der Waals surface area contributed by atoms with Crippen LogP contribution in [0, 0.1) is 13.8 Å². The average molecular weight is 498 g/mol. The molecule has 1 aliphatic rings. The Kier molecular flexibility index (Phi) is 7.13. The van der Waals surface area contributed by atoms with Crippen molar-refractivity contribution in [2.75, 3.05) is 43.5 Å². The van der Waals surface area contributed by atoms with Crippen LogP contribution in [0.3, 0.4) is 0 Å². The van der Waals surface area contributed by atoms with Crippen molar-refractivity contribution >= 4 is 27.3 Å². The largest absolute Gasteiger partial charge is 0.497 e. The summed E-state index contributed by atoms with van der Waals surface area (Å²) in [5.41, 5.74) is 4.04. The second kappa shape index (κ2) is 10.1. The van der Waals surface area contributed by atoms with Crippen LogP contribution in [0.25, 0.3) is 0 Å². The van der Waals surface area contributed by atoms with Gasteiger partial charge in [-0.3, -0.25) is 9.48 Å². The van der Waals surface area contributed by atoms with E-state index in [1.165, 1.54) is 33.4 Å². The van der Waals surface area contributed by atoms with Crippen LogP contribution in [0.2, 0.25) is 0 Å². The standard InChI is InChI=1S/C25H31N5O4S/c1-5-29-17-22(24(31)26-20-9-7-10-21(16-20)34-4)25(27-29)35(32,33)30-14-12-28(13-15-30)23-11-6-8-18(2)19(23)3/h6-11,16-17H,5,12-15H2,1-4H3,(H,26,31). The van der Waals surface area contributed by atoms with Crippen molar-refractivity contribution in [3.63, 3.8) is 0 Å². The number of rotatable bonds is 7. The number of piperazine rings is 1. The van der Waals surface area contributed by atoms with Crippen LogP contribution in [0.15, 0.2) is 53.7 Å². The van der Waals surface area contributed by atoms with E-state index < -0.39 is 15.9 Å². The molecule has 0 radical (unpaired) electrons. The van der Waals surface area contributed by atoms with Crippen molar-refractivity contribution < 1.29 is 17.9 Å². The molecule has 1 saturated heterocycles. The van der Waals surface area contributed by atoms with E-state index in [0.717, 1.165) is 5.69 Å². The van der Waals surface area contributed by atoms with E-state index in [-0.39, 0.29) is 10.6 Å². The fourth-order valence-corrected chi connectivity index (χ4v) is 5.70. The molecular weight excluding hydrogens is 466 g/mol. The Labute approximate surface area is 206 Å². The number of sulfonamides is 1. The number of carbonyl (C=O) groups is 1. The molecule has 4 rings (SSSR count). The van der Waals surface area contributed by atoms with E-state index >= 15 is 0 Å². The number of aryl methyl sites for hydroxylation is 2. The Bertz CT molecular complexity index is 1330. The molecule has 1 amide bonds. The van der Waals surface area contributed by atoms with Crippen LogP contribution < -0.4 is 15.0 Å². The molecule has 1 N–H and O–H groups in total. The van der Waals surface area contributed by atoms with Gasteiger partial charge >= 0.3 is 0 Å². The van der Waals surface area contributed by atoms with Crippen molar-refractivity contribution in [3.05, 3.63) is 65.4 Å². The van der Waals surface area contributed by atoms with Crippen molar-refractivity contribution in [2.45, 2.75) is 32.3 Å². The lowest BCUT2D eigenvalue weighted by molar-refractivity contribution is 0.102. The SMILES string of the molecule is CCn1cc(C(=O)Nc2cccc(OC)c2)c(S(=O)(=O)N2CCN(c3cccc(C)c3C)CC2)n1. The quantitative estimate of drug-likeness (QED) is 0.538. The molecule has 1 aromatic heterocycles. The van der Waals surface area contributed by atoms with Crippen LogP contribution >= 0.6 is 0 Å². The van der Waals surface area contributed by atoms with Gasteiger partial charge in [-0.05, 0) is 50.1 Å². The summed E-state index contributed by atoms with van der Waals surface area (Å²) in [6.07, 6.45) is 1.48. The van der Waals surface area contributed by atoms with Gasteiger partial charge in [0.2, 0.25) is 5.03 Å². The number of hydrogen-bond acceptors (Lipinski definition) is 6. The number of aromatic nitrogens is 2. The van der Waals surface area contributed by atoms with E-state index in [1.807, 2.05) is 13.0 Å². The highest BCUT2D eigenvalue weighted by atomic mass is 32.2. The lowest BCUT2D eigenvalue weighted by Gasteiger charge is -2.36. The Morgan fingerprint density at radius 2 is 1.80 bits per heavy atom. The summed E-state index contributed by atoms with van der Waals surface area (Å²) in [6.45, 7) is 8.18. The summed E-state index contributed by atoms with van der Waals surface area (Å²) < 4.78 is 35.3. The number of amides is 1. The predicted octanol–water partition coefficient (Wildman–Crippen LogP) is 3.29. The van der Waals surface area contributed by atoms with Crippen molar-refractivity contribution in [3.8, 4) is 5.75 Å². The van der Waals surface area contributed by atoms with Crippen molar-refractivity contribution in [1.82, 2.24) is 14.1 Å². The zero-order chi connectivity index (χ0) is 25.2. The molecular formula is C25H31N5O4S. The maximum Gasteiger partial charge on any atom is 0.263 e. The van der Waals surface area contributed by atoms with Crippen LogP contribution in [-0.4, -0.2) is 61.7 Å². The number of benzene rings is 2. The van der Waals surface area contributed by atoms with Gasteiger partial charge in [0, 0.05) is 56.4 Å². The fourth-order valence-electron chi connectivity index (χ4n) is 4.18. The van der Waals surface area contributed by atoms with Gasteiger partial charge in [-0.1, -0.05) is 18.2 Å². The first-order chi connectivity index (χ1) is 16.7. The maximum atomic E-state index is 13.6. The Hall–Kier alpha value is -3.37. The van der Waals surface area contributed by atoms with Gasteiger partial charge in [-0.25, -0.2) is 8.42 Å². The molecule has 1 fully saturated rings. The summed E-state index contributed by atoms with van der Waals surface area (Å²) in [6, 6.07) is 13.0. The second-order valence-electron chi connectivity index (χ2n) is 8.50. The van der Waals surface area contributed by atoms with Crippen molar-refractivity contribution in [1.29, 1.82) is 0 Å². The van der Waals surface area contributed by atoms with Gasteiger partial charge in [-0.2, -0.15) is 9.40 Å². The summed E-state index contributed by atoms with van der Waals surface area (Å²) in [5, 5.41) is 6.80. The monoisotopic (exact) mass is 497 g/mol. The van der Waals surface area contributed by atoms with Gasteiger partial charge < -0.3 is 15.0 Å². The second-order valence-corrected chi connectivity index (χ2v) is 10.4. The summed E-state index contributed by atoms with van der Waals surface area (Å²) >= 11 is 0. The van der Waals surface area contributed by atoms with Gasteiger partial charge in [-0.15, -0.1) is 0 Å². The molecule has 0 unspecified atom stereocenters. The normalized spacial score (nSPS) is 14.7. The number of nitrogens with zero attached hydrogens (tertiary/aromatic N) is 4. The molecule has 0 saturated carbocycles. The maximum absolute atomic E-state index is 13.6. The van der Waals surface area contributed by atoms with Crippen LogP contribution in [0.4, 0.5) is 11.4 Å². The van der Waals surface area contributed by atoms with Crippen LogP contribution in [0.5, 0.6) is 5.75 Å². The lowest BCUT2D eigenvalue weighted by Crippen LogP contribution is -2.49. The van der Waals surface area contributed by atoms with E-state index in [9.17, 15) is 13.2 Å². The molecule has 0 spiro atoms. The number of carbonyl (C=O) groups excluding carboxylic acids is 1. The highest BCUT2D eigenvalue weighted by Gasteiger charge is 2.35. The van der Waals surface area contributed by atoms with E-state index in [2.05, 4.69) is 41.3 Å². The Balaban J connectivity index is 1.55. The fraction of sp³-hybridized carbons (Fsp3) is 0.360. The van der Waals surface area contributed by atoms with Crippen molar-refractivity contribution in [2.24, 2.45) is 0 Å². The third-order valence-corrected chi connectivity index (χ3v) is 8.20. The molecule has 186 valence electrons. The molecule has 0 aliphatic carbocycles. The highest BCUT2D eigenvalue weighted by Crippen LogP contribution is 2.27. The molecule has 35 heavy (non-hydrogen) atoms. The highest BCUT2D eigenvalue weighted by molar-refractivity contribution is 7.89. The smallest absolute Gasteiger partial charge is 0.263 e. The minimum Gasteiger partial charge on any atom is -0.497 e. The Morgan fingerprint density at radius 3 is 2.49 bits per heavy atom. The number of methoxy groups -OCH3 is 1. The first-order valence-electron chi connectivity index (χ1n) is 11.6. The number of hydrogen-bond donors (Lipinski definition) is 1. The first-order valence-corrected chi connectivity index (χ1v) is 13.0. The summed E-state index contributed by atoms with van der Waals surface area (Å²) in [7, 11) is -2.43. The van der Waals surface area contributed by atoms with E-state index in [1.54, 1.807) is 24.3 Å². The first kappa shape index (κ1) is 24.7. The topological polar surface area (TPSA) is 96.8 Å². The predicted molar refractivity (Wildman–Crippen MR) is 136 cm³/mol. The molecule has 2 heterocycles.